The Balaban J connectivity index is 1.69. The van der Waals surface area contributed by atoms with Gasteiger partial charge in [0.25, 0.3) is 0 Å². The third-order valence-electron chi connectivity index (χ3n) is 4.07. The van der Waals surface area contributed by atoms with Gasteiger partial charge in [-0.1, -0.05) is 22.4 Å². The fraction of sp³-hybridized carbons (Fsp3) is 0.600. The van der Waals surface area contributed by atoms with Crippen molar-refractivity contribution in [1.29, 1.82) is 0 Å². The van der Waals surface area contributed by atoms with Crippen LogP contribution >= 0.6 is 15.9 Å². The Morgan fingerprint density at radius 1 is 1.33 bits per heavy atom. The first kappa shape index (κ1) is 12.5. The van der Waals surface area contributed by atoms with Crippen LogP contribution in [0.15, 0.2) is 22.7 Å². The van der Waals surface area contributed by atoms with Gasteiger partial charge in [-0.2, -0.15) is 0 Å². The van der Waals surface area contributed by atoms with Gasteiger partial charge in [0.05, 0.1) is 12.2 Å². The van der Waals surface area contributed by atoms with E-state index in [2.05, 4.69) is 22.0 Å². The highest BCUT2D eigenvalue weighted by Crippen LogP contribution is 2.41. The van der Waals surface area contributed by atoms with Gasteiger partial charge < -0.3 is 9.84 Å². The Bertz CT molecular complexity index is 436. The standard InChI is InChI=1S/C15H19BrO2/c16-13-4-5-14(18-10-11-2-1-3-11)12(8-13)9-15(17)6-7-15/h4-5,8,11,17H,1-3,6-7,9-10H2. The van der Waals surface area contributed by atoms with E-state index < -0.39 is 5.60 Å². The normalized spacial score (nSPS) is 21.4. The topological polar surface area (TPSA) is 29.5 Å². The van der Waals surface area contributed by atoms with Gasteiger partial charge >= 0.3 is 0 Å². The molecule has 98 valence electrons. The van der Waals surface area contributed by atoms with E-state index in [1.165, 1.54) is 19.3 Å². The van der Waals surface area contributed by atoms with Crippen LogP contribution in [0.25, 0.3) is 0 Å². The van der Waals surface area contributed by atoms with Crippen LogP contribution in [0.3, 0.4) is 0 Å². The maximum absolute atomic E-state index is 10.1. The Morgan fingerprint density at radius 2 is 2.11 bits per heavy atom. The van der Waals surface area contributed by atoms with Crippen LogP contribution in [0, 0.1) is 5.92 Å². The molecule has 3 heteroatoms. The molecule has 1 aromatic rings. The molecule has 1 N–H and O–H groups in total. The Hall–Kier alpha value is -0.540. The molecule has 0 atom stereocenters. The SMILES string of the molecule is OC1(Cc2cc(Br)ccc2OCC2CCC2)CC1. The average Bonchev–Trinajstić information content (AvgIpc) is 2.97. The molecular weight excluding hydrogens is 292 g/mol. The maximum atomic E-state index is 10.1. The smallest absolute Gasteiger partial charge is 0.122 e. The number of benzene rings is 1. The third kappa shape index (κ3) is 2.89. The van der Waals surface area contributed by atoms with Crippen LogP contribution < -0.4 is 4.74 Å². The number of aliphatic hydroxyl groups is 1. The summed E-state index contributed by atoms with van der Waals surface area (Å²) in [6.45, 7) is 0.826. The molecule has 2 fully saturated rings. The highest BCUT2D eigenvalue weighted by molar-refractivity contribution is 9.10. The summed E-state index contributed by atoms with van der Waals surface area (Å²) >= 11 is 3.49. The lowest BCUT2D eigenvalue weighted by Crippen LogP contribution is -2.20. The van der Waals surface area contributed by atoms with Gasteiger partial charge in [0.1, 0.15) is 5.75 Å². The average molecular weight is 311 g/mol. The summed E-state index contributed by atoms with van der Waals surface area (Å²) in [5.74, 6) is 1.69. The molecule has 0 saturated heterocycles. The van der Waals surface area contributed by atoms with Gasteiger partial charge in [0, 0.05) is 10.9 Å². The summed E-state index contributed by atoms with van der Waals surface area (Å²) in [6, 6.07) is 6.10. The van der Waals surface area contributed by atoms with Crippen molar-refractivity contribution in [2.75, 3.05) is 6.61 Å². The zero-order chi connectivity index (χ0) is 12.6. The van der Waals surface area contributed by atoms with Crippen molar-refractivity contribution >= 4 is 15.9 Å². The van der Waals surface area contributed by atoms with Crippen molar-refractivity contribution < 1.29 is 9.84 Å². The first-order valence-corrected chi connectivity index (χ1v) is 7.58. The van der Waals surface area contributed by atoms with Crippen molar-refractivity contribution in [1.82, 2.24) is 0 Å². The first-order chi connectivity index (χ1) is 8.65. The van der Waals surface area contributed by atoms with Gasteiger partial charge in [-0.3, -0.25) is 0 Å². The van der Waals surface area contributed by atoms with E-state index in [0.717, 1.165) is 41.2 Å². The van der Waals surface area contributed by atoms with E-state index in [1.807, 2.05) is 12.1 Å². The molecule has 3 rings (SSSR count). The minimum absolute atomic E-state index is 0.463. The van der Waals surface area contributed by atoms with Crippen LogP contribution in [-0.2, 0) is 6.42 Å². The Morgan fingerprint density at radius 3 is 2.72 bits per heavy atom. The van der Waals surface area contributed by atoms with Gasteiger partial charge in [0.15, 0.2) is 0 Å². The fourth-order valence-electron chi connectivity index (χ4n) is 2.37. The summed E-state index contributed by atoms with van der Waals surface area (Å²) in [5.41, 5.74) is 0.666. The van der Waals surface area contributed by atoms with Crippen molar-refractivity contribution in [2.45, 2.75) is 44.1 Å². The monoisotopic (exact) mass is 310 g/mol. The van der Waals surface area contributed by atoms with Gasteiger partial charge in [-0.15, -0.1) is 0 Å². The lowest BCUT2D eigenvalue weighted by atomic mass is 9.86. The molecule has 0 heterocycles. The predicted octanol–water partition coefficient (Wildman–Crippen LogP) is 3.70. The van der Waals surface area contributed by atoms with E-state index in [4.69, 9.17) is 4.74 Å². The summed E-state index contributed by atoms with van der Waals surface area (Å²) in [7, 11) is 0. The lowest BCUT2D eigenvalue weighted by Gasteiger charge is -2.26. The quantitative estimate of drug-likeness (QED) is 0.898. The van der Waals surface area contributed by atoms with Crippen molar-refractivity contribution in [2.24, 2.45) is 5.92 Å². The molecule has 0 bridgehead atoms. The van der Waals surface area contributed by atoms with Crippen LogP contribution in [0.4, 0.5) is 0 Å². The Kier molecular flexibility index (Phi) is 3.37. The van der Waals surface area contributed by atoms with Crippen molar-refractivity contribution in [3.05, 3.63) is 28.2 Å². The number of halogens is 1. The van der Waals surface area contributed by atoms with Gasteiger partial charge in [0.2, 0.25) is 0 Å². The van der Waals surface area contributed by atoms with Crippen LogP contribution in [0.1, 0.15) is 37.7 Å². The molecule has 0 spiro atoms. The van der Waals surface area contributed by atoms with E-state index in [0.29, 0.717) is 6.42 Å². The number of ether oxygens (including phenoxy) is 1. The summed E-state index contributed by atoms with van der Waals surface area (Å²) in [5, 5.41) is 10.1. The number of rotatable bonds is 5. The molecule has 2 aliphatic rings. The van der Waals surface area contributed by atoms with Crippen LogP contribution in [0.2, 0.25) is 0 Å². The summed E-state index contributed by atoms with van der Waals surface area (Å²) in [4.78, 5) is 0. The second-order valence-electron chi connectivity index (χ2n) is 5.76. The van der Waals surface area contributed by atoms with Crippen molar-refractivity contribution in [3.8, 4) is 5.75 Å². The lowest BCUT2D eigenvalue weighted by molar-refractivity contribution is 0.146. The third-order valence-corrected chi connectivity index (χ3v) is 4.56. The molecule has 2 nitrogen and oxygen atoms in total. The molecule has 0 radical (unpaired) electrons. The van der Waals surface area contributed by atoms with E-state index in [1.54, 1.807) is 0 Å². The van der Waals surface area contributed by atoms with Gasteiger partial charge in [-0.25, -0.2) is 0 Å². The maximum Gasteiger partial charge on any atom is 0.122 e. The molecule has 2 saturated carbocycles. The molecule has 18 heavy (non-hydrogen) atoms. The van der Waals surface area contributed by atoms with Crippen molar-refractivity contribution in [3.63, 3.8) is 0 Å². The minimum Gasteiger partial charge on any atom is -0.493 e. The second kappa shape index (κ2) is 4.86. The predicted molar refractivity (Wildman–Crippen MR) is 74.9 cm³/mol. The zero-order valence-corrected chi connectivity index (χ0v) is 12.1. The minimum atomic E-state index is -0.463. The number of hydrogen-bond acceptors (Lipinski definition) is 2. The molecule has 0 unspecified atom stereocenters. The zero-order valence-electron chi connectivity index (χ0n) is 10.5. The molecule has 2 aliphatic carbocycles. The largest absolute Gasteiger partial charge is 0.493 e. The first-order valence-electron chi connectivity index (χ1n) is 6.78. The summed E-state index contributed by atoms with van der Waals surface area (Å²) < 4.78 is 6.99. The molecular formula is C15H19BrO2. The van der Waals surface area contributed by atoms with Crippen LogP contribution in [-0.4, -0.2) is 17.3 Å². The fourth-order valence-corrected chi connectivity index (χ4v) is 2.78. The van der Waals surface area contributed by atoms with E-state index in [-0.39, 0.29) is 0 Å². The van der Waals surface area contributed by atoms with E-state index in [9.17, 15) is 5.11 Å². The number of hydrogen-bond donors (Lipinski definition) is 1. The molecule has 1 aromatic carbocycles. The Labute approximate surface area is 116 Å². The van der Waals surface area contributed by atoms with Gasteiger partial charge in [-0.05, 0) is 55.4 Å². The highest BCUT2D eigenvalue weighted by atomic mass is 79.9. The van der Waals surface area contributed by atoms with Crippen LogP contribution in [0.5, 0.6) is 5.75 Å². The molecule has 0 amide bonds. The highest BCUT2D eigenvalue weighted by Gasteiger charge is 2.40. The molecule has 0 aromatic heterocycles. The molecule has 0 aliphatic heterocycles. The van der Waals surface area contributed by atoms with E-state index >= 15 is 0 Å². The second-order valence-corrected chi connectivity index (χ2v) is 6.68. The summed E-state index contributed by atoms with van der Waals surface area (Å²) in [6.07, 6.45) is 6.50.